The molecular formula is C20H18ClFN2O. The normalized spacial score (nSPS) is 10.5. The number of hydrogen-bond donors (Lipinski definition) is 2. The summed E-state index contributed by atoms with van der Waals surface area (Å²) in [7, 11) is 0. The Morgan fingerprint density at radius 2 is 1.64 bits per heavy atom. The molecule has 128 valence electrons. The van der Waals surface area contributed by atoms with Crippen LogP contribution in [0.1, 0.15) is 11.1 Å². The van der Waals surface area contributed by atoms with Crippen molar-refractivity contribution in [1.82, 2.24) is 5.43 Å². The molecule has 3 rings (SSSR count). The van der Waals surface area contributed by atoms with Crippen LogP contribution in [0, 0.1) is 5.82 Å². The van der Waals surface area contributed by atoms with Crippen LogP contribution in [0.25, 0.3) is 0 Å². The number of hydrazine groups is 1. The lowest BCUT2D eigenvalue weighted by Crippen LogP contribution is -2.20. The molecule has 0 atom stereocenters. The summed E-state index contributed by atoms with van der Waals surface area (Å²) in [5, 5.41) is 0.368. The van der Waals surface area contributed by atoms with Crippen LogP contribution < -0.4 is 15.6 Å². The SMILES string of the molecule is Fc1cccc(Cl)c1COc1ccc(CNNc2ccccc2)cc1. The van der Waals surface area contributed by atoms with Crippen LogP contribution in [0.2, 0.25) is 5.02 Å². The molecule has 0 aliphatic rings. The van der Waals surface area contributed by atoms with Crippen molar-refractivity contribution in [2.24, 2.45) is 0 Å². The second-order valence-corrected chi connectivity index (χ2v) is 5.88. The Kier molecular flexibility index (Phi) is 5.88. The molecule has 3 nitrogen and oxygen atoms in total. The number of para-hydroxylation sites is 1. The lowest BCUT2D eigenvalue weighted by Gasteiger charge is -2.11. The maximum absolute atomic E-state index is 13.7. The molecule has 5 heteroatoms. The zero-order valence-corrected chi connectivity index (χ0v) is 14.3. The molecule has 2 N–H and O–H groups in total. The number of benzene rings is 3. The van der Waals surface area contributed by atoms with Crippen molar-refractivity contribution < 1.29 is 9.13 Å². The predicted molar refractivity (Wildman–Crippen MR) is 99.1 cm³/mol. The molecule has 0 saturated carbocycles. The summed E-state index contributed by atoms with van der Waals surface area (Å²) in [5.41, 5.74) is 8.75. The molecule has 0 aliphatic heterocycles. The van der Waals surface area contributed by atoms with E-state index in [1.165, 1.54) is 6.07 Å². The highest BCUT2D eigenvalue weighted by atomic mass is 35.5. The molecule has 0 saturated heterocycles. The third-order valence-corrected chi connectivity index (χ3v) is 4.02. The first-order valence-electron chi connectivity index (χ1n) is 7.91. The van der Waals surface area contributed by atoms with Crippen LogP contribution in [0.15, 0.2) is 72.8 Å². The summed E-state index contributed by atoms with van der Waals surface area (Å²) >= 11 is 5.99. The van der Waals surface area contributed by atoms with Gasteiger partial charge in [-0.15, -0.1) is 0 Å². The van der Waals surface area contributed by atoms with E-state index in [-0.39, 0.29) is 12.4 Å². The van der Waals surface area contributed by atoms with Crippen LogP contribution >= 0.6 is 11.6 Å². The van der Waals surface area contributed by atoms with Crippen molar-refractivity contribution in [1.29, 1.82) is 0 Å². The second-order valence-electron chi connectivity index (χ2n) is 5.48. The van der Waals surface area contributed by atoms with Gasteiger partial charge in [0, 0.05) is 17.8 Å². The first-order valence-corrected chi connectivity index (χ1v) is 8.29. The highest BCUT2D eigenvalue weighted by Crippen LogP contribution is 2.21. The average Bonchev–Trinajstić information content (AvgIpc) is 2.63. The molecule has 3 aromatic carbocycles. The fraction of sp³-hybridized carbons (Fsp3) is 0.100. The Morgan fingerprint density at radius 3 is 2.36 bits per heavy atom. The van der Waals surface area contributed by atoms with Crippen molar-refractivity contribution >= 4 is 17.3 Å². The van der Waals surface area contributed by atoms with E-state index in [9.17, 15) is 4.39 Å². The van der Waals surface area contributed by atoms with Gasteiger partial charge in [-0.05, 0) is 42.0 Å². The molecule has 25 heavy (non-hydrogen) atoms. The van der Waals surface area contributed by atoms with E-state index in [2.05, 4.69) is 10.9 Å². The van der Waals surface area contributed by atoms with Gasteiger partial charge < -0.3 is 10.2 Å². The number of halogens is 2. The van der Waals surface area contributed by atoms with Gasteiger partial charge in [-0.1, -0.05) is 48.0 Å². The van der Waals surface area contributed by atoms with Gasteiger partial charge in [0.05, 0.1) is 5.02 Å². The van der Waals surface area contributed by atoms with Gasteiger partial charge in [-0.25, -0.2) is 9.82 Å². The standard InChI is InChI=1S/C20H18ClFN2O/c21-19-7-4-8-20(22)18(19)14-25-17-11-9-15(10-12-17)13-23-24-16-5-2-1-3-6-16/h1-12,23-24H,13-14H2. The van der Waals surface area contributed by atoms with E-state index in [1.807, 2.05) is 54.6 Å². The summed E-state index contributed by atoms with van der Waals surface area (Å²) in [5.74, 6) is 0.305. The Morgan fingerprint density at radius 1 is 0.880 bits per heavy atom. The highest BCUT2D eigenvalue weighted by molar-refractivity contribution is 6.31. The lowest BCUT2D eigenvalue weighted by molar-refractivity contribution is 0.300. The molecule has 0 aliphatic carbocycles. The van der Waals surface area contributed by atoms with Crippen molar-refractivity contribution in [3.63, 3.8) is 0 Å². The Balaban J connectivity index is 1.50. The van der Waals surface area contributed by atoms with E-state index in [4.69, 9.17) is 16.3 Å². The Bertz CT molecular complexity index is 789. The summed E-state index contributed by atoms with van der Waals surface area (Å²) in [6.45, 7) is 0.757. The molecule has 0 bridgehead atoms. The second kappa shape index (κ2) is 8.51. The number of ether oxygens (including phenoxy) is 1. The number of nitrogens with one attached hydrogen (secondary N) is 2. The monoisotopic (exact) mass is 356 g/mol. The Hall–Kier alpha value is -2.56. The van der Waals surface area contributed by atoms with Gasteiger partial charge in [0.2, 0.25) is 0 Å². The maximum Gasteiger partial charge on any atom is 0.131 e. The van der Waals surface area contributed by atoms with E-state index >= 15 is 0 Å². The summed E-state index contributed by atoms with van der Waals surface area (Å²) < 4.78 is 19.3. The summed E-state index contributed by atoms with van der Waals surface area (Å²) in [6.07, 6.45) is 0. The van der Waals surface area contributed by atoms with Crippen molar-refractivity contribution in [2.45, 2.75) is 13.2 Å². The van der Waals surface area contributed by atoms with Gasteiger partial charge in [0.25, 0.3) is 0 Å². The van der Waals surface area contributed by atoms with Crippen LogP contribution in [-0.4, -0.2) is 0 Å². The maximum atomic E-state index is 13.7. The Labute approximate surface area is 151 Å². The van der Waals surface area contributed by atoms with Gasteiger partial charge in [0.1, 0.15) is 18.2 Å². The minimum Gasteiger partial charge on any atom is -0.489 e. The first-order chi connectivity index (χ1) is 12.2. The number of rotatable bonds is 7. The predicted octanol–water partition coefficient (Wildman–Crippen LogP) is 5.17. The van der Waals surface area contributed by atoms with Crippen LogP contribution in [0.5, 0.6) is 5.75 Å². The molecule has 0 aromatic heterocycles. The average molecular weight is 357 g/mol. The zero-order valence-electron chi connectivity index (χ0n) is 13.5. The van der Waals surface area contributed by atoms with Gasteiger partial charge in [0.15, 0.2) is 0 Å². The molecule has 0 amide bonds. The highest BCUT2D eigenvalue weighted by Gasteiger charge is 2.07. The van der Waals surface area contributed by atoms with Gasteiger partial charge >= 0.3 is 0 Å². The summed E-state index contributed by atoms with van der Waals surface area (Å²) in [4.78, 5) is 0. The van der Waals surface area contributed by atoms with Crippen molar-refractivity contribution in [2.75, 3.05) is 5.43 Å². The molecule has 0 unspecified atom stereocenters. The fourth-order valence-electron chi connectivity index (χ4n) is 2.30. The van der Waals surface area contributed by atoms with Crippen molar-refractivity contribution in [3.8, 4) is 5.75 Å². The smallest absolute Gasteiger partial charge is 0.131 e. The molecular weight excluding hydrogens is 339 g/mol. The number of anilines is 1. The molecule has 0 spiro atoms. The van der Waals surface area contributed by atoms with Gasteiger partial charge in [-0.2, -0.15) is 0 Å². The lowest BCUT2D eigenvalue weighted by atomic mass is 10.2. The topological polar surface area (TPSA) is 33.3 Å². The number of hydrogen-bond acceptors (Lipinski definition) is 3. The third kappa shape index (κ3) is 4.95. The molecule has 3 aromatic rings. The van der Waals surface area contributed by atoms with Crippen LogP contribution in [0.3, 0.4) is 0 Å². The van der Waals surface area contributed by atoms with E-state index in [0.29, 0.717) is 22.9 Å². The minimum absolute atomic E-state index is 0.0959. The molecule has 0 heterocycles. The molecule has 0 radical (unpaired) electrons. The van der Waals surface area contributed by atoms with Crippen molar-refractivity contribution in [3.05, 3.63) is 94.8 Å². The van der Waals surface area contributed by atoms with Gasteiger partial charge in [-0.3, -0.25) is 0 Å². The van der Waals surface area contributed by atoms with E-state index in [0.717, 1.165) is 11.3 Å². The largest absolute Gasteiger partial charge is 0.489 e. The zero-order chi connectivity index (χ0) is 17.5. The van der Waals surface area contributed by atoms with E-state index in [1.54, 1.807) is 12.1 Å². The van der Waals surface area contributed by atoms with E-state index < -0.39 is 0 Å². The summed E-state index contributed by atoms with van der Waals surface area (Å²) in [6, 6.07) is 22.1. The quantitative estimate of drug-likeness (QED) is 0.572. The minimum atomic E-state index is -0.361. The van der Waals surface area contributed by atoms with Crippen LogP contribution in [0.4, 0.5) is 10.1 Å². The first kappa shape index (κ1) is 17.3. The van der Waals surface area contributed by atoms with Crippen LogP contribution in [-0.2, 0) is 13.2 Å². The fourth-order valence-corrected chi connectivity index (χ4v) is 2.52. The third-order valence-electron chi connectivity index (χ3n) is 3.67. The molecule has 0 fully saturated rings.